The number of carbonyl (C=O) groups is 2. The zero-order valence-electron chi connectivity index (χ0n) is 12.7. The number of carbonyl (C=O) groups excluding carboxylic acids is 2. The number of ether oxygens (including phenoxy) is 1. The average molecular weight is 299 g/mol. The molecule has 2 saturated heterocycles. The molecule has 0 saturated carbocycles. The molecule has 2 heterocycles. The minimum atomic E-state index is -0.545. The van der Waals surface area contributed by atoms with Gasteiger partial charge in [-0.25, -0.2) is 0 Å². The average Bonchev–Trinajstić information content (AvgIpc) is 2.80. The van der Waals surface area contributed by atoms with Gasteiger partial charge in [0.25, 0.3) is 0 Å². The maximum atomic E-state index is 11.5. The van der Waals surface area contributed by atoms with Gasteiger partial charge in [0.2, 0.25) is 11.8 Å². The van der Waals surface area contributed by atoms with Gasteiger partial charge in [-0.1, -0.05) is 0 Å². The molecule has 2 rings (SSSR count). The molecule has 2 fully saturated rings. The third kappa shape index (κ3) is 4.15. The van der Waals surface area contributed by atoms with Crippen LogP contribution >= 0.6 is 0 Å². The number of methoxy groups -OCH3 is 1. The lowest BCUT2D eigenvalue weighted by molar-refractivity contribution is -0.130. The molecule has 2 aliphatic rings. The minimum Gasteiger partial charge on any atom is -0.390 e. The van der Waals surface area contributed by atoms with E-state index in [4.69, 9.17) is 4.74 Å². The second-order valence-corrected chi connectivity index (χ2v) is 5.87. The van der Waals surface area contributed by atoms with Crippen LogP contribution in [0.2, 0.25) is 0 Å². The fraction of sp³-hybridized carbons (Fsp3) is 0.857. The Balaban J connectivity index is 1.81. The number of amides is 2. The lowest BCUT2D eigenvalue weighted by atomic mass is 10.0. The number of aliphatic hydroxyl groups excluding tert-OH is 1. The molecule has 2 atom stereocenters. The van der Waals surface area contributed by atoms with Crippen LogP contribution in [0.4, 0.5) is 0 Å². The van der Waals surface area contributed by atoms with E-state index in [1.54, 1.807) is 6.92 Å². The molecule has 2 N–H and O–H groups in total. The molecule has 2 amide bonds. The van der Waals surface area contributed by atoms with Crippen LogP contribution in [-0.4, -0.2) is 84.8 Å². The molecule has 0 bridgehead atoms. The van der Waals surface area contributed by atoms with Gasteiger partial charge in [0, 0.05) is 46.3 Å². The van der Waals surface area contributed by atoms with E-state index in [0.29, 0.717) is 19.1 Å². The second-order valence-electron chi connectivity index (χ2n) is 5.87. The van der Waals surface area contributed by atoms with Crippen molar-refractivity contribution in [3.8, 4) is 0 Å². The number of nitrogens with zero attached hydrogens (tertiary/aromatic N) is 2. The lowest BCUT2D eigenvalue weighted by Gasteiger charge is -2.36. The first kappa shape index (κ1) is 16.2. The molecule has 2 aliphatic heterocycles. The summed E-state index contributed by atoms with van der Waals surface area (Å²) in [5.41, 5.74) is 0. The fourth-order valence-electron chi connectivity index (χ4n) is 3.18. The van der Waals surface area contributed by atoms with Crippen LogP contribution in [0.5, 0.6) is 0 Å². The molecular formula is C14H25N3O4. The highest BCUT2D eigenvalue weighted by molar-refractivity contribution is 5.77. The normalized spacial score (nSPS) is 27.9. The van der Waals surface area contributed by atoms with Crippen molar-refractivity contribution in [1.82, 2.24) is 15.1 Å². The standard InChI is InChI=1S/C14H25N3O4/c1-10(18)16-5-3-11(4-6-16)17-7-12(13(19)8-17)15-14(20)9-21-2/h11-13,19H,3-9H2,1-2H3,(H,15,20)/t12-,13-/m1/s1. The Bertz CT molecular complexity index is 382. The van der Waals surface area contributed by atoms with E-state index in [2.05, 4.69) is 10.2 Å². The number of likely N-dealkylation sites (tertiary alicyclic amines) is 2. The molecule has 0 spiro atoms. The highest BCUT2D eigenvalue weighted by atomic mass is 16.5. The fourth-order valence-corrected chi connectivity index (χ4v) is 3.18. The van der Waals surface area contributed by atoms with E-state index in [0.717, 1.165) is 25.9 Å². The molecule has 120 valence electrons. The smallest absolute Gasteiger partial charge is 0.246 e. The van der Waals surface area contributed by atoms with E-state index >= 15 is 0 Å². The van der Waals surface area contributed by atoms with Gasteiger partial charge < -0.3 is 20.1 Å². The zero-order valence-corrected chi connectivity index (χ0v) is 12.7. The molecule has 7 nitrogen and oxygen atoms in total. The molecule has 0 radical (unpaired) electrons. The molecule has 0 aliphatic carbocycles. The maximum absolute atomic E-state index is 11.5. The van der Waals surface area contributed by atoms with Crippen molar-refractivity contribution in [3.05, 3.63) is 0 Å². The third-order valence-corrected chi connectivity index (χ3v) is 4.37. The Hall–Kier alpha value is -1.18. The van der Waals surface area contributed by atoms with Crippen LogP contribution in [0.25, 0.3) is 0 Å². The van der Waals surface area contributed by atoms with Gasteiger partial charge in [-0.15, -0.1) is 0 Å². The van der Waals surface area contributed by atoms with Crippen molar-refractivity contribution in [2.45, 2.75) is 38.0 Å². The molecule has 0 aromatic carbocycles. The zero-order chi connectivity index (χ0) is 15.4. The van der Waals surface area contributed by atoms with Crippen LogP contribution in [0.15, 0.2) is 0 Å². The number of hydrogen-bond donors (Lipinski definition) is 2. The van der Waals surface area contributed by atoms with Crippen molar-refractivity contribution < 1.29 is 19.4 Å². The Labute approximate surface area is 125 Å². The summed E-state index contributed by atoms with van der Waals surface area (Å²) in [7, 11) is 1.47. The third-order valence-electron chi connectivity index (χ3n) is 4.37. The molecule has 0 aromatic heterocycles. The highest BCUT2D eigenvalue weighted by Gasteiger charge is 2.37. The molecule has 0 aromatic rings. The quantitative estimate of drug-likeness (QED) is 0.682. The first-order valence-electron chi connectivity index (χ1n) is 7.47. The number of piperidine rings is 1. The Kier molecular flexibility index (Phi) is 5.55. The number of aliphatic hydroxyl groups is 1. The topological polar surface area (TPSA) is 82.1 Å². The molecule has 21 heavy (non-hydrogen) atoms. The van der Waals surface area contributed by atoms with Gasteiger partial charge in [-0.3, -0.25) is 14.5 Å². The molecular weight excluding hydrogens is 274 g/mol. The maximum Gasteiger partial charge on any atom is 0.246 e. The van der Waals surface area contributed by atoms with Crippen LogP contribution in [0.1, 0.15) is 19.8 Å². The number of rotatable bonds is 4. The predicted molar refractivity (Wildman–Crippen MR) is 76.7 cm³/mol. The van der Waals surface area contributed by atoms with E-state index < -0.39 is 6.10 Å². The van der Waals surface area contributed by atoms with Gasteiger partial charge in [0.05, 0.1) is 12.1 Å². The summed E-state index contributed by atoms with van der Waals surface area (Å²) in [4.78, 5) is 26.9. The van der Waals surface area contributed by atoms with Crippen LogP contribution < -0.4 is 5.32 Å². The first-order valence-corrected chi connectivity index (χ1v) is 7.47. The van der Waals surface area contributed by atoms with Crippen molar-refractivity contribution in [3.63, 3.8) is 0 Å². The van der Waals surface area contributed by atoms with Crippen LogP contribution in [-0.2, 0) is 14.3 Å². The van der Waals surface area contributed by atoms with Gasteiger partial charge in [0.1, 0.15) is 6.61 Å². The van der Waals surface area contributed by atoms with Crippen molar-refractivity contribution >= 4 is 11.8 Å². The highest BCUT2D eigenvalue weighted by Crippen LogP contribution is 2.21. The summed E-state index contributed by atoms with van der Waals surface area (Å²) >= 11 is 0. The first-order chi connectivity index (χ1) is 10.0. The number of nitrogens with one attached hydrogen (secondary N) is 1. The Morgan fingerprint density at radius 1 is 1.29 bits per heavy atom. The Morgan fingerprint density at radius 2 is 1.95 bits per heavy atom. The minimum absolute atomic E-state index is 0.0141. The van der Waals surface area contributed by atoms with E-state index in [9.17, 15) is 14.7 Å². The number of β-amino-alcohol motifs (C(OH)–C–C–N with tert-alkyl or cyclic N) is 1. The van der Waals surface area contributed by atoms with Crippen molar-refractivity contribution in [2.75, 3.05) is 39.9 Å². The van der Waals surface area contributed by atoms with Crippen molar-refractivity contribution in [1.29, 1.82) is 0 Å². The monoisotopic (exact) mass is 299 g/mol. The Morgan fingerprint density at radius 3 is 2.52 bits per heavy atom. The molecule has 7 heteroatoms. The summed E-state index contributed by atoms with van der Waals surface area (Å²) < 4.78 is 4.78. The van der Waals surface area contributed by atoms with E-state index in [1.165, 1.54) is 7.11 Å². The van der Waals surface area contributed by atoms with E-state index in [1.807, 2.05) is 4.90 Å². The SMILES string of the molecule is COCC(=O)N[C@@H]1CN(C2CCN(C(C)=O)CC2)C[C@H]1O. The van der Waals surface area contributed by atoms with Crippen LogP contribution in [0.3, 0.4) is 0 Å². The summed E-state index contributed by atoms with van der Waals surface area (Å²) in [5, 5.41) is 12.9. The lowest BCUT2D eigenvalue weighted by Crippen LogP contribution is -2.47. The summed E-state index contributed by atoms with van der Waals surface area (Å²) in [6, 6.07) is 0.137. The summed E-state index contributed by atoms with van der Waals surface area (Å²) in [6.07, 6.45) is 1.30. The van der Waals surface area contributed by atoms with Gasteiger partial charge in [-0.2, -0.15) is 0 Å². The van der Waals surface area contributed by atoms with Gasteiger partial charge >= 0.3 is 0 Å². The number of hydrogen-bond acceptors (Lipinski definition) is 5. The van der Waals surface area contributed by atoms with E-state index in [-0.39, 0.29) is 24.5 Å². The molecule has 0 unspecified atom stereocenters. The van der Waals surface area contributed by atoms with Crippen LogP contribution in [0, 0.1) is 0 Å². The summed E-state index contributed by atoms with van der Waals surface area (Å²) in [5.74, 6) is -0.0746. The second kappa shape index (κ2) is 7.20. The predicted octanol–water partition coefficient (Wildman–Crippen LogP) is -1.19. The van der Waals surface area contributed by atoms with Crippen molar-refractivity contribution in [2.24, 2.45) is 0 Å². The largest absolute Gasteiger partial charge is 0.390 e. The van der Waals surface area contributed by atoms with Gasteiger partial charge in [-0.05, 0) is 12.8 Å². The van der Waals surface area contributed by atoms with Gasteiger partial charge in [0.15, 0.2) is 0 Å². The summed E-state index contributed by atoms with van der Waals surface area (Å²) in [6.45, 7) is 4.38.